The average molecular weight is 249 g/mol. The lowest BCUT2D eigenvalue weighted by Crippen LogP contribution is -1.96. The van der Waals surface area contributed by atoms with Crippen LogP contribution in [0, 0.1) is 0 Å². The molecule has 80 valence electrons. The number of hydrogen-bond acceptors (Lipinski definition) is 2. The number of rotatable bonds is 2. The Morgan fingerprint density at radius 3 is 3.06 bits per heavy atom. The molecule has 0 aliphatic heterocycles. The Labute approximate surface area is 102 Å². The van der Waals surface area contributed by atoms with Crippen LogP contribution < -0.4 is 0 Å². The fourth-order valence-electron chi connectivity index (χ4n) is 1.79. The largest absolute Gasteiger partial charge is 0.341 e. The molecule has 0 unspecified atom stereocenters. The molecule has 0 aliphatic rings. The first kappa shape index (κ1) is 9.87. The molecule has 0 atom stereocenters. The second kappa shape index (κ2) is 3.92. The highest BCUT2D eigenvalue weighted by molar-refractivity contribution is 7.09. The number of hydrogen-bond donors (Lipinski definition) is 0. The molecule has 0 saturated heterocycles. The quantitative estimate of drug-likeness (QED) is 0.675. The Balaban J connectivity index is 2.04. The maximum atomic E-state index is 5.95. The van der Waals surface area contributed by atoms with Gasteiger partial charge in [0.2, 0.25) is 0 Å². The van der Waals surface area contributed by atoms with Crippen LogP contribution in [0.3, 0.4) is 0 Å². The van der Waals surface area contributed by atoms with Crippen molar-refractivity contribution in [3.05, 3.63) is 52.1 Å². The minimum Gasteiger partial charge on any atom is -0.341 e. The van der Waals surface area contributed by atoms with Gasteiger partial charge in [-0.25, -0.2) is 4.98 Å². The van der Waals surface area contributed by atoms with E-state index < -0.39 is 0 Å². The fourth-order valence-corrected chi connectivity index (χ4v) is 2.58. The van der Waals surface area contributed by atoms with Crippen molar-refractivity contribution in [2.75, 3.05) is 0 Å². The molecule has 2 heterocycles. The molecule has 0 fully saturated rings. The van der Waals surface area contributed by atoms with Crippen molar-refractivity contribution in [1.82, 2.24) is 9.55 Å². The molecular weight excluding hydrogens is 240 g/mol. The van der Waals surface area contributed by atoms with Gasteiger partial charge in [0, 0.05) is 33.7 Å². The molecule has 0 spiro atoms. The summed E-state index contributed by atoms with van der Waals surface area (Å²) in [5.41, 5.74) is 1.19. The Morgan fingerprint density at radius 1 is 1.31 bits per heavy atom. The van der Waals surface area contributed by atoms with Crippen LogP contribution in [0.5, 0.6) is 0 Å². The lowest BCUT2D eigenvalue weighted by Gasteiger charge is -2.02. The summed E-state index contributed by atoms with van der Waals surface area (Å²) in [5.74, 6) is 0. The molecule has 0 bridgehead atoms. The summed E-state index contributed by atoms with van der Waals surface area (Å²) >= 11 is 7.63. The minimum atomic E-state index is 0.777. The van der Waals surface area contributed by atoms with Crippen molar-refractivity contribution in [3.63, 3.8) is 0 Å². The average Bonchev–Trinajstić information content (AvgIpc) is 2.89. The number of thiazole rings is 1. The molecule has 3 aromatic rings. The number of aromatic nitrogens is 2. The molecule has 2 nitrogen and oxygen atoms in total. The molecular formula is C12H9ClN2S. The van der Waals surface area contributed by atoms with Crippen LogP contribution in [0.4, 0.5) is 0 Å². The van der Waals surface area contributed by atoms with E-state index in [4.69, 9.17) is 11.6 Å². The van der Waals surface area contributed by atoms with Gasteiger partial charge in [-0.1, -0.05) is 11.6 Å². The van der Waals surface area contributed by atoms with Crippen LogP contribution in [-0.2, 0) is 6.54 Å². The minimum absolute atomic E-state index is 0.777. The van der Waals surface area contributed by atoms with E-state index in [1.54, 1.807) is 11.3 Å². The predicted molar refractivity (Wildman–Crippen MR) is 68.2 cm³/mol. The monoisotopic (exact) mass is 248 g/mol. The van der Waals surface area contributed by atoms with E-state index in [0.717, 1.165) is 16.6 Å². The lowest BCUT2D eigenvalue weighted by molar-refractivity contribution is 0.828. The molecule has 0 N–H and O–H groups in total. The van der Waals surface area contributed by atoms with Crippen molar-refractivity contribution in [2.24, 2.45) is 0 Å². The van der Waals surface area contributed by atoms with E-state index in [-0.39, 0.29) is 0 Å². The fraction of sp³-hybridized carbons (Fsp3) is 0.0833. The second-order valence-electron chi connectivity index (χ2n) is 3.57. The summed E-state index contributed by atoms with van der Waals surface area (Å²) in [6, 6.07) is 8.03. The van der Waals surface area contributed by atoms with Crippen LogP contribution in [0.2, 0.25) is 5.02 Å². The van der Waals surface area contributed by atoms with E-state index >= 15 is 0 Å². The summed E-state index contributed by atoms with van der Waals surface area (Å²) in [7, 11) is 0. The maximum absolute atomic E-state index is 5.95. The van der Waals surface area contributed by atoms with E-state index in [0.29, 0.717) is 0 Å². The molecule has 16 heavy (non-hydrogen) atoms. The molecule has 3 rings (SSSR count). The van der Waals surface area contributed by atoms with Crippen LogP contribution in [-0.4, -0.2) is 9.55 Å². The Hall–Kier alpha value is -1.32. The van der Waals surface area contributed by atoms with E-state index in [1.165, 1.54) is 10.9 Å². The zero-order valence-electron chi connectivity index (χ0n) is 8.43. The molecule has 4 heteroatoms. The first-order valence-corrected chi connectivity index (χ1v) is 6.21. The zero-order chi connectivity index (χ0) is 11.0. The number of benzene rings is 1. The van der Waals surface area contributed by atoms with Gasteiger partial charge in [0.05, 0.1) is 6.54 Å². The van der Waals surface area contributed by atoms with Gasteiger partial charge in [-0.2, -0.15) is 0 Å². The number of fused-ring (bicyclic) bond motifs is 1. The lowest BCUT2D eigenvalue weighted by atomic mass is 10.2. The summed E-state index contributed by atoms with van der Waals surface area (Å²) in [6.45, 7) is 0.822. The van der Waals surface area contributed by atoms with Gasteiger partial charge < -0.3 is 4.57 Å². The smallest absolute Gasteiger partial charge is 0.112 e. The Kier molecular flexibility index (Phi) is 2.42. The molecule has 1 aromatic carbocycles. The molecule has 2 aromatic heterocycles. The third-order valence-electron chi connectivity index (χ3n) is 2.52. The molecule has 0 saturated carbocycles. The van der Waals surface area contributed by atoms with Gasteiger partial charge in [-0.3, -0.25) is 0 Å². The second-order valence-corrected chi connectivity index (χ2v) is 4.99. The summed E-state index contributed by atoms with van der Waals surface area (Å²) in [6.07, 6.45) is 3.91. The maximum Gasteiger partial charge on any atom is 0.112 e. The van der Waals surface area contributed by atoms with Gasteiger partial charge in [-0.05, 0) is 24.3 Å². The summed E-state index contributed by atoms with van der Waals surface area (Å²) in [4.78, 5) is 4.29. The van der Waals surface area contributed by atoms with Crippen molar-refractivity contribution >= 4 is 33.8 Å². The van der Waals surface area contributed by atoms with Gasteiger partial charge in [-0.15, -0.1) is 11.3 Å². The van der Waals surface area contributed by atoms with Crippen molar-refractivity contribution in [2.45, 2.75) is 6.54 Å². The number of halogens is 1. The molecule has 0 aliphatic carbocycles. The highest BCUT2D eigenvalue weighted by Crippen LogP contribution is 2.21. The van der Waals surface area contributed by atoms with Crippen molar-refractivity contribution < 1.29 is 0 Å². The van der Waals surface area contributed by atoms with Gasteiger partial charge in [0.1, 0.15) is 5.01 Å². The standard InChI is InChI=1S/C12H9ClN2S/c13-10-1-2-11-9(7-10)3-5-15(11)8-12-14-4-6-16-12/h1-7H,8H2. The van der Waals surface area contributed by atoms with Crippen molar-refractivity contribution in [1.29, 1.82) is 0 Å². The first-order chi connectivity index (χ1) is 7.83. The highest BCUT2D eigenvalue weighted by Gasteiger charge is 2.03. The van der Waals surface area contributed by atoms with E-state index in [1.807, 2.05) is 29.8 Å². The first-order valence-electron chi connectivity index (χ1n) is 4.96. The third kappa shape index (κ3) is 1.72. The topological polar surface area (TPSA) is 17.8 Å². The van der Waals surface area contributed by atoms with Crippen LogP contribution in [0.1, 0.15) is 5.01 Å². The SMILES string of the molecule is Clc1ccc2c(ccn2Cc2nccs2)c1. The molecule has 0 amide bonds. The summed E-state index contributed by atoms with van der Waals surface area (Å²) < 4.78 is 2.19. The van der Waals surface area contributed by atoms with E-state index in [9.17, 15) is 0 Å². The predicted octanol–water partition coefficient (Wildman–Crippen LogP) is 3.80. The Morgan fingerprint density at radius 2 is 2.25 bits per heavy atom. The Bertz CT molecular complexity index is 613. The van der Waals surface area contributed by atoms with Gasteiger partial charge in [0.25, 0.3) is 0 Å². The van der Waals surface area contributed by atoms with Crippen LogP contribution >= 0.6 is 22.9 Å². The van der Waals surface area contributed by atoms with E-state index in [2.05, 4.69) is 21.8 Å². The van der Waals surface area contributed by atoms with Gasteiger partial charge >= 0.3 is 0 Å². The highest BCUT2D eigenvalue weighted by atomic mass is 35.5. The normalized spacial score (nSPS) is 11.1. The zero-order valence-corrected chi connectivity index (χ0v) is 10.0. The van der Waals surface area contributed by atoms with Crippen LogP contribution in [0.25, 0.3) is 10.9 Å². The van der Waals surface area contributed by atoms with Crippen LogP contribution in [0.15, 0.2) is 42.0 Å². The molecule has 0 radical (unpaired) electrons. The van der Waals surface area contributed by atoms with Crippen molar-refractivity contribution in [3.8, 4) is 0 Å². The third-order valence-corrected chi connectivity index (χ3v) is 3.52. The number of nitrogens with zero attached hydrogens (tertiary/aromatic N) is 2. The summed E-state index contributed by atoms with van der Waals surface area (Å²) in [5, 5.41) is 5.06. The van der Waals surface area contributed by atoms with Gasteiger partial charge in [0.15, 0.2) is 0 Å².